The molecule has 0 radical (unpaired) electrons. The molecule has 1 saturated carbocycles. The van der Waals surface area contributed by atoms with Crippen LogP contribution in [0.15, 0.2) is 24.7 Å². The fourth-order valence-corrected chi connectivity index (χ4v) is 2.15. The molecule has 5 heteroatoms. The third kappa shape index (κ3) is 2.55. The Morgan fingerprint density at radius 1 is 1.44 bits per heavy atom. The van der Waals surface area contributed by atoms with E-state index >= 15 is 0 Å². The largest absolute Gasteiger partial charge is 0.356 e. The van der Waals surface area contributed by atoms with Crippen molar-refractivity contribution in [2.75, 3.05) is 11.9 Å². The van der Waals surface area contributed by atoms with E-state index in [-0.39, 0.29) is 0 Å². The minimum Gasteiger partial charge on any atom is -0.356 e. The Bertz CT molecular complexity index is 495. The second-order valence-corrected chi connectivity index (χ2v) is 4.89. The van der Waals surface area contributed by atoms with Gasteiger partial charge in [0.05, 0.1) is 5.69 Å². The maximum atomic E-state index is 4.54. The van der Waals surface area contributed by atoms with E-state index in [4.69, 9.17) is 0 Å². The summed E-state index contributed by atoms with van der Waals surface area (Å²) in [5.74, 6) is 1.02. The number of aryl methyl sites for hydroxylation is 2. The van der Waals surface area contributed by atoms with Gasteiger partial charge in [0.2, 0.25) is 5.95 Å². The molecule has 1 N–H and O–H groups in total. The fraction of sp³-hybridized carbons (Fsp3) is 0.538. The molecule has 2 aromatic heterocycles. The summed E-state index contributed by atoms with van der Waals surface area (Å²) in [5.41, 5.74) is 1.09. The van der Waals surface area contributed by atoms with Crippen molar-refractivity contribution in [3.8, 4) is 0 Å². The van der Waals surface area contributed by atoms with Crippen LogP contribution < -0.4 is 5.32 Å². The van der Waals surface area contributed by atoms with Gasteiger partial charge in [0, 0.05) is 37.7 Å². The van der Waals surface area contributed by atoms with E-state index in [0.717, 1.165) is 31.2 Å². The number of rotatable bonds is 6. The highest BCUT2D eigenvalue weighted by Gasteiger charge is 2.25. The molecule has 1 aliphatic rings. The number of hydrogen-bond donors (Lipinski definition) is 1. The van der Waals surface area contributed by atoms with E-state index in [1.807, 2.05) is 30.1 Å². The summed E-state index contributed by atoms with van der Waals surface area (Å²) >= 11 is 0. The Morgan fingerprint density at radius 3 is 3.06 bits per heavy atom. The zero-order valence-electron chi connectivity index (χ0n) is 10.7. The predicted molar refractivity (Wildman–Crippen MR) is 70.6 cm³/mol. The molecule has 18 heavy (non-hydrogen) atoms. The van der Waals surface area contributed by atoms with Crippen LogP contribution >= 0.6 is 0 Å². The monoisotopic (exact) mass is 245 g/mol. The first-order valence-electron chi connectivity index (χ1n) is 6.60. The molecule has 1 aliphatic carbocycles. The molecule has 0 bridgehead atoms. The van der Waals surface area contributed by atoms with Crippen LogP contribution in [0.3, 0.4) is 0 Å². The Labute approximate surface area is 107 Å². The lowest BCUT2D eigenvalue weighted by atomic mass is 10.4. The van der Waals surface area contributed by atoms with Gasteiger partial charge in [-0.1, -0.05) is 0 Å². The summed E-state index contributed by atoms with van der Waals surface area (Å²) < 4.78 is 4.24. The minimum absolute atomic E-state index is 0.680. The number of nitrogens with zero attached hydrogens (tertiary/aromatic N) is 4. The third-order valence-corrected chi connectivity index (χ3v) is 3.20. The SMILES string of the molecule is Cc1cn(C2CC2)c(NCCCn2cccn2)n1. The summed E-state index contributed by atoms with van der Waals surface area (Å²) in [6.45, 7) is 3.93. The van der Waals surface area contributed by atoms with Crippen molar-refractivity contribution in [1.29, 1.82) is 0 Å². The average molecular weight is 245 g/mol. The molecule has 0 saturated heterocycles. The van der Waals surface area contributed by atoms with Crippen LogP contribution in [0.1, 0.15) is 31.0 Å². The number of hydrogen-bond acceptors (Lipinski definition) is 3. The summed E-state index contributed by atoms with van der Waals surface area (Å²) in [5, 5.41) is 7.62. The van der Waals surface area contributed by atoms with Crippen molar-refractivity contribution in [2.45, 2.75) is 38.8 Å². The van der Waals surface area contributed by atoms with Crippen molar-refractivity contribution < 1.29 is 0 Å². The number of imidazole rings is 1. The van der Waals surface area contributed by atoms with Crippen LogP contribution in [-0.2, 0) is 6.54 Å². The van der Waals surface area contributed by atoms with E-state index in [2.05, 4.69) is 26.2 Å². The maximum absolute atomic E-state index is 4.54. The number of nitrogens with one attached hydrogen (secondary N) is 1. The normalized spacial score (nSPS) is 14.9. The minimum atomic E-state index is 0.680. The highest BCUT2D eigenvalue weighted by atomic mass is 15.3. The van der Waals surface area contributed by atoms with Crippen molar-refractivity contribution in [3.05, 3.63) is 30.4 Å². The van der Waals surface area contributed by atoms with Gasteiger partial charge in [-0.2, -0.15) is 5.10 Å². The molecule has 2 aromatic rings. The second-order valence-electron chi connectivity index (χ2n) is 4.89. The molecule has 0 atom stereocenters. The molecule has 0 unspecified atom stereocenters. The third-order valence-electron chi connectivity index (χ3n) is 3.20. The van der Waals surface area contributed by atoms with Gasteiger partial charge >= 0.3 is 0 Å². The maximum Gasteiger partial charge on any atom is 0.203 e. The van der Waals surface area contributed by atoms with Crippen LogP contribution in [0.2, 0.25) is 0 Å². The van der Waals surface area contributed by atoms with Gasteiger partial charge in [0.25, 0.3) is 0 Å². The van der Waals surface area contributed by atoms with Crippen LogP contribution in [0, 0.1) is 6.92 Å². The second kappa shape index (κ2) is 4.84. The van der Waals surface area contributed by atoms with Crippen molar-refractivity contribution in [2.24, 2.45) is 0 Å². The molecule has 1 fully saturated rings. The molecule has 96 valence electrons. The first-order chi connectivity index (χ1) is 8.83. The lowest BCUT2D eigenvalue weighted by Crippen LogP contribution is -2.10. The topological polar surface area (TPSA) is 47.7 Å². The van der Waals surface area contributed by atoms with E-state index < -0.39 is 0 Å². The molecule has 2 heterocycles. The van der Waals surface area contributed by atoms with Gasteiger partial charge in [-0.05, 0) is 32.3 Å². The van der Waals surface area contributed by atoms with E-state index in [1.165, 1.54) is 12.8 Å². The van der Waals surface area contributed by atoms with Gasteiger partial charge in [-0.15, -0.1) is 0 Å². The fourth-order valence-electron chi connectivity index (χ4n) is 2.15. The first kappa shape index (κ1) is 11.3. The number of anilines is 1. The Balaban J connectivity index is 1.50. The molecular weight excluding hydrogens is 226 g/mol. The van der Waals surface area contributed by atoms with Crippen molar-refractivity contribution in [3.63, 3.8) is 0 Å². The lowest BCUT2D eigenvalue weighted by molar-refractivity contribution is 0.589. The van der Waals surface area contributed by atoms with Crippen LogP contribution in [0.5, 0.6) is 0 Å². The zero-order chi connectivity index (χ0) is 12.4. The van der Waals surface area contributed by atoms with Gasteiger partial charge in [0.1, 0.15) is 0 Å². The molecule has 0 aliphatic heterocycles. The van der Waals surface area contributed by atoms with Gasteiger partial charge in [-0.3, -0.25) is 4.68 Å². The molecule has 0 aromatic carbocycles. The van der Waals surface area contributed by atoms with Crippen molar-refractivity contribution in [1.82, 2.24) is 19.3 Å². The quantitative estimate of drug-likeness (QED) is 0.794. The average Bonchev–Trinajstić information content (AvgIpc) is 2.94. The predicted octanol–water partition coefficient (Wildman–Crippen LogP) is 2.23. The highest BCUT2D eigenvalue weighted by molar-refractivity contribution is 5.30. The molecule has 3 rings (SSSR count). The molecule has 0 amide bonds. The summed E-state index contributed by atoms with van der Waals surface area (Å²) in [6.07, 6.45) is 9.59. The van der Waals surface area contributed by atoms with Crippen LogP contribution in [0.4, 0.5) is 5.95 Å². The van der Waals surface area contributed by atoms with Crippen LogP contribution in [-0.4, -0.2) is 25.9 Å². The van der Waals surface area contributed by atoms with Gasteiger partial charge in [-0.25, -0.2) is 4.98 Å². The summed E-state index contributed by atoms with van der Waals surface area (Å²) in [7, 11) is 0. The zero-order valence-corrected chi connectivity index (χ0v) is 10.7. The van der Waals surface area contributed by atoms with E-state index in [0.29, 0.717) is 6.04 Å². The Kier molecular flexibility index (Phi) is 3.04. The van der Waals surface area contributed by atoms with E-state index in [1.54, 1.807) is 0 Å². The smallest absolute Gasteiger partial charge is 0.203 e. The van der Waals surface area contributed by atoms with E-state index in [9.17, 15) is 0 Å². The standard InChI is InChI=1S/C13H19N5/c1-11-10-18(12-4-5-12)13(16-11)14-6-2-8-17-9-3-7-15-17/h3,7,9-10,12H,2,4-6,8H2,1H3,(H,14,16). The highest BCUT2D eigenvalue weighted by Crippen LogP contribution is 2.37. The van der Waals surface area contributed by atoms with Gasteiger partial charge < -0.3 is 9.88 Å². The molecule has 0 spiro atoms. The van der Waals surface area contributed by atoms with Crippen molar-refractivity contribution >= 4 is 5.95 Å². The first-order valence-corrected chi connectivity index (χ1v) is 6.60. The summed E-state index contributed by atoms with van der Waals surface area (Å²) in [6, 6.07) is 2.64. The molecule has 5 nitrogen and oxygen atoms in total. The lowest BCUT2D eigenvalue weighted by Gasteiger charge is -2.08. The molecular formula is C13H19N5. The Hall–Kier alpha value is -1.78. The summed E-state index contributed by atoms with van der Waals surface area (Å²) in [4.78, 5) is 4.54. The number of aromatic nitrogens is 4. The van der Waals surface area contributed by atoms with Gasteiger partial charge in [0.15, 0.2) is 0 Å². The van der Waals surface area contributed by atoms with Crippen LogP contribution in [0.25, 0.3) is 0 Å². The Morgan fingerprint density at radius 2 is 2.33 bits per heavy atom.